The standard InChI is InChI=1S/C9H13NO2/c1-3-10-7(2)4-5-8(6-11)9(10)12/h4-5,11H,3,6H2,1-2H3. The quantitative estimate of drug-likeness (QED) is 0.703. The van der Waals surface area contributed by atoms with Crippen molar-refractivity contribution >= 4 is 0 Å². The smallest absolute Gasteiger partial charge is 0.256 e. The van der Waals surface area contributed by atoms with Crippen molar-refractivity contribution in [1.82, 2.24) is 4.57 Å². The minimum Gasteiger partial charge on any atom is -0.391 e. The summed E-state index contributed by atoms with van der Waals surface area (Å²) in [6.07, 6.45) is 0. The maximum Gasteiger partial charge on any atom is 0.256 e. The topological polar surface area (TPSA) is 42.2 Å². The van der Waals surface area contributed by atoms with E-state index < -0.39 is 0 Å². The number of aromatic nitrogens is 1. The SMILES string of the molecule is CCn1c(C)ccc(CO)c1=O. The van der Waals surface area contributed by atoms with Gasteiger partial charge in [-0.3, -0.25) is 4.79 Å². The highest BCUT2D eigenvalue weighted by atomic mass is 16.3. The second kappa shape index (κ2) is 3.54. The fourth-order valence-electron chi connectivity index (χ4n) is 1.23. The van der Waals surface area contributed by atoms with Crippen LogP contribution >= 0.6 is 0 Å². The van der Waals surface area contributed by atoms with Gasteiger partial charge in [0.2, 0.25) is 0 Å². The summed E-state index contributed by atoms with van der Waals surface area (Å²) in [5.74, 6) is 0. The molecule has 0 aliphatic heterocycles. The second-order valence-electron chi connectivity index (χ2n) is 2.71. The fourth-order valence-corrected chi connectivity index (χ4v) is 1.23. The molecule has 0 aromatic carbocycles. The summed E-state index contributed by atoms with van der Waals surface area (Å²) in [5.41, 5.74) is 1.31. The second-order valence-corrected chi connectivity index (χ2v) is 2.71. The van der Waals surface area contributed by atoms with Crippen LogP contribution in [0.25, 0.3) is 0 Å². The van der Waals surface area contributed by atoms with Crippen LogP contribution in [-0.2, 0) is 13.2 Å². The molecule has 0 bridgehead atoms. The van der Waals surface area contributed by atoms with E-state index in [-0.39, 0.29) is 12.2 Å². The average Bonchev–Trinajstić information content (AvgIpc) is 2.06. The highest BCUT2D eigenvalue weighted by Crippen LogP contribution is 1.97. The highest BCUT2D eigenvalue weighted by Gasteiger charge is 2.02. The predicted octanol–water partition coefficient (Wildman–Crippen LogP) is 0.669. The molecule has 0 aliphatic rings. The lowest BCUT2D eigenvalue weighted by Gasteiger charge is -2.07. The Morgan fingerprint density at radius 1 is 1.50 bits per heavy atom. The van der Waals surface area contributed by atoms with E-state index in [2.05, 4.69) is 0 Å². The van der Waals surface area contributed by atoms with Crippen LogP contribution in [0.5, 0.6) is 0 Å². The lowest BCUT2D eigenvalue weighted by Crippen LogP contribution is -2.24. The molecule has 66 valence electrons. The van der Waals surface area contributed by atoms with Crippen LogP contribution in [0.3, 0.4) is 0 Å². The van der Waals surface area contributed by atoms with Gasteiger partial charge in [-0.2, -0.15) is 0 Å². The summed E-state index contributed by atoms with van der Waals surface area (Å²) in [6, 6.07) is 3.51. The minimum atomic E-state index is -0.181. The Morgan fingerprint density at radius 2 is 2.17 bits per heavy atom. The molecule has 0 radical (unpaired) electrons. The molecule has 1 aromatic rings. The van der Waals surface area contributed by atoms with Crippen molar-refractivity contribution in [1.29, 1.82) is 0 Å². The molecule has 0 atom stereocenters. The van der Waals surface area contributed by atoms with Crippen LogP contribution in [0, 0.1) is 6.92 Å². The zero-order valence-electron chi connectivity index (χ0n) is 7.37. The normalized spacial score (nSPS) is 10.2. The number of hydrogen-bond acceptors (Lipinski definition) is 2. The molecule has 0 spiro atoms. The summed E-state index contributed by atoms with van der Waals surface area (Å²) >= 11 is 0. The molecule has 0 fully saturated rings. The van der Waals surface area contributed by atoms with Crippen molar-refractivity contribution in [3.8, 4) is 0 Å². The van der Waals surface area contributed by atoms with Crippen molar-refractivity contribution in [2.24, 2.45) is 0 Å². The van der Waals surface area contributed by atoms with Gasteiger partial charge in [-0.25, -0.2) is 0 Å². The number of nitrogens with zero attached hydrogens (tertiary/aromatic N) is 1. The van der Waals surface area contributed by atoms with Gasteiger partial charge in [0, 0.05) is 17.8 Å². The number of aryl methyl sites for hydroxylation is 1. The first-order valence-corrected chi connectivity index (χ1v) is 4.01. The molecule has 3 nitrogen and oxygen atoms in total. The molecule has 1 N–H and O–H groups in total. The largest absolute Gasteiger partial charge is 0.391 e. The van der Waals surface area contributed by atoms with E-state index in [1.54, 1.807) is 10.6 Å². The monoisotopic (exact) mass is 167 g/mol. The Labute approximate surface area is 71.3 Å². The van der Waals surface area contributed by atoms with E-state index in [1.807, 2.05) is 19.9 Å². The summed E-state index contributed by atoms with van der Waals surface area (Å²) in [6.45, 7) is 4.26. The zero-order valence-corrected chi connectivity index (χ0v) is 7.37. The number of aliphatic hydroxyl groups is 1. The van der Waals surface area contributed by atoms with Gasteiger partial charge in [0.1, 0.15) is 0 Å². The maximum absolute atomic E-state index is 11.5. The molecule has 0 amide bonds. The lowest BCUT2D eigenvalue weighted by atomic mass is 10.2. The van der Waals surface area contributed by atoms with Gasteiger partial charge in [-0.05, 0) is 26.0 Å². The van der Waals surface area contributed by atoms with Crippen molar-refractivity contribution < 1.29 is 5.11 Å². The van der Waals surface area contributed by atoms with Gasteiger partial charge >= 0.3 is 0 Å². The molecule has 0 aliphatic carbocycles. The van der Waals surface area contributed by atoms with Crippen LogP contribution in [0.4, 0.5) is 0 Å². The molecule has 0 saturated heterocycles. The number of aliphatic hydroxyl groups excluding tert-OH is 1. The zero-order chi connectivity index (χ0) is 9.14. The summed E-state index contributed by atoms with van der Waals surface area (Å²) in [4.78, 5) is 11.5. The average molecular weight is 167 g/mol. The molecule has 12 heavy (non-hydrogen) atoms. The van der Waals surface area contributed by atoms with E-state index in [9.17, 15) is 4.79 Å². The minimum absolute atomic E-state index is 0.0833. The molecule has 1 heterocycles. The van der Waals surface area contributed by atoms with Crippen molar-refractivity contribution in [2.45, 2.75) is 27.0 Å². The van der Waals surface area contributed by atoms with Crippen molar-refractivity contribution in [3.63, 3.8) is 0 Å². The fraction of sp³-hybridized carbons (Fsp3) is 0.444. The van der Waals surface area contributed by atoms with E-state index in [0.717, 1.165) is 5.69 Å². The summed E-state index contributed by atoms with van der Waals surface area (Å²) < 4.78 is 1.64. The first-order chi connectivity index (χ1) is 5.70. The molecular weight excluding hydrogens is 154 g/mol. The van der Waals surface area contributed by atoms with E-state index in [1.165, 1.54) is 0 Å². The van der Waals surface area contributed by atoms with Gasteiger partial charge in [0.25, 0.3) is 5.56 Å². The third kappa shape index (κ3) is 1.41. The van der Waals surface area contributed by atoms with Crippen molar-refractivity contribution in [3.05, 3.63) is 33.7 Å². The van der Waals surface area contributed by atoms with Crippen LogP contribution in [0.2, 0.25) is 0 Å². The Hall–Kier alpha value is -1.09. The van der Waals surface area contributed by atoms with E-state index in [0.29, 0.717) is 12.1 Å². The third-order valence-electron chi connectivity index (χ3n) is 1.96. The van der Waals surface area contributed by atoms with Crippen LogP contribution in [0.15, 0.2) is 16.9 Å². The molecule has 3 heteroatoms. The van der Waals surface area contributed by atoms with Gasteiger partial charge in [-0.15, -0.1) is 0 Å². The van der Waals surface area contributed by atoms with Crippen LogP contribution in [0.1, 0.15) is 18.2 Å². The Morgan fingerprint density at radius 3 is 2.67 bits per heavy atom. The summed E-state index contributed by atoms with van der Waals surface area (Å²) in [5, 5.41) is 8.82. The van der Waals surface area contributed by atoms with Gasteiger partial charge < -0.3 is 9.67 Å². The van der Waals surface area contributed by atoms with Crippen LogP contribution in [-0.4, -0.2) is 9.67 Å². The van der Waals surface area contributed by atoms with E-state index >= 15 is 0 Å². The van der Waals surface area contributed by atoms with E-state index in [4.69, 9.17) is 5.11 Å². The maximum atomic E-state index is 11.5. The molecule has 1 rings (SSSR count). The Bertz CT molecular complexity index is 328. The number of hydrogen-bond donors (Lipinski definition) is 1. The molecular formula is C9H13NO2. The van der Waals surface area contributed by atoms with Gasteiger partial charge in [-0.1, -0.05) is 0 Å². The molecule has 0 unspecified atom stereocenters. The Kier molecular flexibility index (Phi) is 2.65. The molecule has 1 aromatic heterocycles. The first-order valence-electron chi connectivity index (χ1n) is 4.01. The third-order valence-corrected chi connectivity index (χ3v) is 1.96. The lowest BCUT2D eigenvalue weighted by molar-refractivity contribution is 0.279. The predicted molar refractivity (Wildman–Crippen MR) is 47.0 cm³/mol. The van der Waals surface area contributed by atoms with Crippen LogP contribution < -0.4 is 5.56 Å². The number of pyridine rings is 1. The van der Waals surface area contributed by atoms with Crippen molar-refractivity contribution in [2.75, 3.05) is 0 Å². The first kappa shape index (κ1) is 9.00. The number of rotatable bonds is 2. The van der Waals surface area contributed by atoms with Gasteiger partial charge in [0.15, 0.2) is 0 Å². The summed E-state index contributed by atoms with van der Waals surface area (Å²) in [7, 11) is 0. The molecule has 0 saturated carbocycles. The van der Waals surface area contributed by atoms with Gasteiger partial charge in [0.05, 0.1) is 6.61 Å². The highest BCUT2D eigenvalue weighted by molar-refractivity contribution is 5.14. The Balaban J connectivity index is 3.34.